The first-order valence-corrected chi connectivity index (χ1v) is 6.82. The highest BCUT2D eigenvalue weighted by atomic mass is 19.1. The minimum atomic E-state index is -1.03. The van der Waals surface area contributed by atoms with Crippen molar-refractivity contribution >= 4 is 5.97 Å². The van der Waals surface area contributed by atoms with Crippen LogP contribution in [0.3, 0.4) is 0 Å². The number of hydrogen-bond acceptors (Lipinski definition) is 3. The zero-order valence-electron chi connectivity index (χ0n) is 12.4. The maximum Gasteiger partial charge on any atom is 0.335 e. The molecule has 0 radical (unpaired) electrons. The standard InChI is InChI=1S/C15H23FN2O2/c1-4-18(9-5-8-17(2)3)11-13-10-12(15(19)20)6-7-14(13)16/h6-7,10H,4-5,8-9,11H2,1-3H3,(H,19,20). The Morgan fingerprint density at radius 2 is 2.00 bits per heavy atom. The molecule has 5 heteroatoms. The molecule has 1 aromatic rings. The van der Waals surface area contributed by atoms with Gasteiger partial charge < -0.3 is 10.0 Å². The Bertz CT molecular complexity index is 449. The Morgan fingerprint density at radius 3 is 2.55 bits per heavy atom. The van der Waals surface area contributed by atoms with E-state index in [1.807, 2.05) is 21.0 Å². The molecule has 1 aromatic carbocycles. The number of aromatic carboxylic acids is 1. The third kappa shape index (κ3) is 5.27. The van der Waals surface area contributed by atoms with Crippen molar-refractivity contribution < 1.29 is 14.3 Å². The lowest BCUT2D eigenvalue weighted by Crippen LogP contribution is -2.27. The first-order valence-electron chi connectivity index (χ1n) is 6.82. The summed E-state index contributed by atoms with van der Waals surface area (Å²) in [6.45, 7) is 5.12. The van der Waals surface area contributed by atoms with Crippen LogP contribution in [0, 0.1) is 5.82 Å². The summed E-state index contributed by atoms with van der Waals surface area (Å²) in [5.41, 5.74) is 0.572. The van der Waals surface area contributed by atoms with E-state index in [-0.39, 0.29) is 11.4 Å². The highest BCUT2D eigenvalue weighted by molar-refractivity contribution is 5.87. The van der Waals surface area contributed by atoms with Gasteiger partial charge >= 0.3 is 5.97 Å². The van der Waals surface area contributed by atoms with Crippen LogP contribution in [-0.2, 0) is 6.54 Å². The molecule has 20 heavy (non-hydrogen) atoms. The molecule has 0 heterocycles. The second-order valence-corrected chi connectivity index (χ2v) is 5.14. The van der Waals surface area contributed by atoms with Gasteiger partial charge in [0.05, 0.1) is 5.56 Å². The van der Waals surface area contributed by atoms with Gasteiger partial charge in [-0.1, -0.05) is 6.92 Å². The van der Waals surface area contributed by atoms with Crippen molar-refractivity contribution in [1.29, 1.82) is 0 Å². The molecule has 0 spiro atoms. The number of halogens is 1. The summed E-state index contributed by atoms with van der Waals surface area (Å²) in [6.07, 6.45) is 1.00. The molecule has 0 atom stereocenters. The third-order valence-corrected chi connectivity index (χ3v) is 3.21. The molecule has 0 unspecified atom stereocenters. The fraction of sp³-hybridized carbons (Fsp3) is 0.533. The van der Waals surface area contributed by atoms with Gasteiger partial charge in [-0.25, -0.2) is 9.18 Å². The molecule has 0 amide bonds. The largest absolute Gasteiger partial charge is 0.478 e. The monoisotopic (exact) mass is 282 g/mol. The smallest absolute Gasteiger partial charge is 0.335 e. The molecule has 1 N–H and O–H groups in total. The van der Waals surface area contributed by atoms with E-state index in [1.54, 1.807) is 0 Å². The molecule has 4 nitrogen and oxygen atoms in total. The van der Waals surface area contributed by atoms with E-state index in [1.165, 1.54) is 18.2 Å². The second-order valence-electron chi connectivity index (χ2n) is 5.14. The number of carbonyl (C=O) groups is 1. The van der Waals surface area contributed by atoms with Crippen LogP contribution in [0.1, 0.15) is 29.3 Å². The van der Waals surface area contributed by atoms with Crippen LogP contribution in [0.5, 0.6) is 0 Å². The summed E-state index contributed by atoms with van der Waals surface area (Å²) in [5, 5.41) is 8.95. The minimum Gasteiger partial charge on any atom is -0.478 e. The lowest BCUT2D eigenvalue weighted by atomic mass is 10.1. The first-order chi connectivity index (χ1) is 9.43. The quantitative estimate of drug-likeness (QED) is 0.794. The molecule has 0 aromatic heterocycles. The summed E-state index contributed by atoms with van der Waals surface area (Å²) in [4.78, 5) is 15.2. The van der Waals surface area contributed by atoms with Gasteiger partial charge in [0.1, 0.15) is 5.82 Å². The van der Waals surface area contributed by atoms with E-state index < -0.39 is 5.97 Å². The van der Waals surface area contributed by atoms with Crippen molar-refractivity contribution in [2.24, 2.45) is 0 Å². The molecule has 0 aliphatic rings. The summed E-state index contributed by atoms with van der Waals surface area (Å²) >= 11 is 0. The molecule has 1 rings (SSSR count). The highest BCUT2D eigenvalue weighted by Crippen LogP contribution is 2.13. The SMILES string of the molecule is CCN(CCCN(C)C)Cc1cc(C(=O)O)ccc1F. The van der Waals surface area contributed by atoms with Gasteiger partial charge in [0.25, 0.3) is 0 Å². The first kappa shape index (κ1) is 16.6. The van der Waals surface area contributed by atoms with E-state index in [9.17, 15) is 9.18 Å². The van der Waals surface area contributed by atoms with Gasteiger partial charge in [-0.2, -0.15) is 0 Å². The van der Waals surface area contributed by atoms with Gasteiger partial charge in [-0.15, -0.1) is 0 Å². The van der Waals surface area contributed by atoms with Crippen molar-refractivity contribution in [3.63, 3.8) is 0 Å². The topological polar surface area (TPSA) is 43.8 Å². The highest BCUT2D eigenvalue weighted by Gasteiger charge is 2.11. The fourth-order valence-corrected chi connectivity index (χ4v) is 2.03. The Morgan fingerprint density at radius 1 is 1.30 bits per heavy atom. The minimum absolute atomic E-state index is 0.130. The Balaban J connectivity index is 2.68. The third-order valence-electron chi connectivity index (χ3n) is 3.21. The van der Waals surface area contributed by atoms with E-state index in [2.05, 4.69) is 9.80 Å². The molecular weight excluding hydrogens is 259 g/mol. The normalized spacial score (nSPS) is 11.3. The summed E-state index contributed by atoms with van der Waals surface area (Å²) in [6, 6.07) is 3.95. The van der Waals surface area contributed by atoms with Crippen LogP contribution >= 0.6 is 0 Å². The van der Waals surface area contributed by atoms with E-state index in [0.29, 0.717) is 12.1 Å². The maximum atomic E-state index is 13.8. The second kappa shape index (κ2) is 7.97. The lowest BCUT2D eigenvalue weighted by molar-refractivity contribution is 0.0696. The van der Waals surface area contributed by atoms with Crippen LogP contribution in [0.25, 0.3) is 0 Å². The number of nitrogens with zero attached hydrogens (tertiary/aromatic N) is 2. The zero-order chi connectivity index (χ0) is 15.1. The van der Waals surface area contributed by atoms with Crippen LogP contribution in [0.2, 0.25) is 0 Å². The van der Waals surface area contributed by atoms with E-state index in [4.69, 9.17) is 5.11 Å². The van der Waals surface area contributed by atoms with Crippen LogP contribution in [-0.4, -0.2) is 54.6 Å². The van der Waals surface area contributed by atoms with Gasteiger partial charge in [0, 0.05) is 12.1 Å². The molecule has 0 saturated heterocycles. The number of carboxylic acid groups (broad SMARTS) is 1. The molecule has 0 aliphatic heterocycles. The van der Waals surface area contributed by atoms with Crippen LogP contribution in [0.4, 0.5) is 4.39 Å². The van der Waals surface area contributed by atoms with Crippen molar-refractivity contribution in [3.05, 3.63) is 35.1 Å². The van der Waals surface area contributed by atoms with Gasteiger partial charge in [-0.05, 0) is 58.3 Å². The Hall–Kier alpha value is -1.46. The van der Waals surface area contributed by atoms with E-state index >= 15 is 0 Å². The van der Waals surface area contributed by atoms with Crippen molar-refractivity contribution in [2.45, 2.75) is 19.9 Å². The average Bonchev–Trinajstić information content (AvgIpc) is 2.39. The van der Waals surface area contributed by atoms with Gasteiger partial charge in [0.2, 0.25) is 0 Å². The van der Waals surface area contributed by atoms with Crippen LogP contribution < -0.4 is 0 Å². The predicted octanol–water partition coefficient (Wildman–Crippen LogP) is 2.30. The number of benzene rings is 1. The average molecular weight is 282 g/mol. The number of hydrogen-bond donors (Lipinski definition) is 1. The van der Waals surface area contributed by atoms with E-state index in [0.717, 1.165) is 26.1 Å². The zero-order valence-corrected chi connectivity index (χ0v) is 12.4. The van der Waals surface area contributed by atoms with Crippen molar-refractivity contribution in [3.8, 4) is 0 Å². The summed E-state index contributed by atoms with van der Waals surface area (Å²) in [5.74, 6) is -1.37. The molecule has 0 fully saturated rings. The molecule has 0 bridgehead atoms. The van der Waals surface area contributed by atoms with Gasteiger partial charge in [0.15, 0.2) is 0 Å². The summed E-state index contributed by atoms with van der Waals surface area (Å²) in [7, 11) is 4.04. The van der Waals surface area contributed by atoms with Gasteiger partial charge in [-0.3, -0.25) is 4.90 Å². The predicted molar refractivity (Wildman–Crippen MR) is 77.5 cm³/mol. The Kier molecular flexibility index (Phi) is 6.61. The number of carboxylic acids is 1. The maximum absolute atomic E-state index is 13.8. The lowest BCUT2D eigenvalue weighted by Gasteiger charge is -2.22. The molecular formula is C15H23FN2O2. The van der Waals surface area contributed by atoms with Crippen LogP contribution in [0.15, 0.2) is 18.2 Å². The van der Waals surface area contributed by atoms with Crippen molar-refractivity contribution in [2.75, 3.05) is 33.7 Å². The molecule has 0 saturated carbocycles. The number of rotatable bonds is 8. The van der Waals surface area contributed by atoms with Crippen molar-refractivity contribution in [1.82, 2.24) is 9.80 Å². The molecule has 112 valence electrons. The summed E-state index contributed by atoms with van der Waals surface area (Å²) < 4.78 is 13.8. The molecule has 0 aliphatic carbocycles. The Labute approximate surface area is 119 Å². The fourth-order valence-electron chi connectivity index (χ4n) is 2.03.